The molecule has 0 saturated heterocycles. The van der Waals surface area contributed by atoms with Crippen LogP contribution in [-0.2, 0) is 6.54 Å². The van der Waals surface area contributed by atoms with Crippen LogP contribution in [0.3, 0.4) is 0 Å². The molecule has 2 aromatic carbocycles. The van der Waals surface area contributed by atoms with Gasteiger partial charge in [0, 0.05) is 30.4 Å². The molecule has 1 N–H and O–H groups in total. The monoisotopic (exact) mass is 289 g/mol. The molecule has 0 aromatic heterocycles. The Morgan fingerprint density at radius 1 is 1.19 bits per heavy atom. The summed E-state index contributed by atoms with van der Waals surface area (Å²) in [6.07, 6.45) is -0.667. The van der Waals surface area contributed by atoms with E-state index in [1.54, 1.807) is 26.2 Å². The zero-order chi connectivity index (χ0) is 15.4. The SMILES string of the molecule is COc1cccc(N(C)Cc2ccccc2F)c1[C@H](C)O. The second kappa shape index (κ2) is 6.59. The lowest BCUT2D eigenvalue weighted by Gasteiger charge is -2.25. The normalized spacial score (nSPS) is 12.0. The Labute approximate surface area is 124 Å². The summed E-state index contributed by atoms with van der Waals surface area (Å²) in [4.78, 5) is 1.91. The molecule has 0 amide bonds. The van der Waals surface area contributed by atoms with Gasteiger partial charge in [-0.05, 0) is 25.1 Å². The first-order valence-corrected chi connectivity index (χ1v) is 6.84. The molecule has 2 rings (SSSR count). The van der Waals surface area contributed by atoms with Gasteiger partial charge in [0.1, 0.15) is 11.6 Å². The van der Waals surface area contributed by atoms with Gasteiger partial charge in [0.15, 0.2) is 0 Å². The lowest BCUT2D eigenvalue weighted by atomic mass is 10.1. The third-order valence-electron chi connectivity index (χ3n) is 3.46. The summed E-state index contributed by atoms with van der Waals surface area (Å²) >= 11 is 0. The van der Waals surface area contributed by atoms with Crippen molar-refractivity contribution >= 4 is 5.69 Å². The Bertz CT molecular complexity index is 613. The molecule has 4 heteroatoms. The van der Waals surface area contributed by atoms with E-state index < -0.39 is 6.10 Å². The number of methoxy groups -OCH3 is 1. The second-order valence-electron chi connectivity index (χ2n) is 5.02. The number of anilines is 1. The predicted octanol–water partition coefficient (Wildman–Crippen LogP) is 3.52. The molecule has 1 atom stereocenters. The number of nitrogens with zero attached hydrogens (tertiary/aromatic N) is 1. The van der Waals surface area contributed by atoms with Crippen molar-refractivity contribution in [2.45, 2.75) is 19.6 Å². The minimum Gasteiger partial charge on any atom is -0.496 e. The lowest BCUT2D eigenvalue weighted by Crippen LogP contribution is -2.19. The first-order chi connectivity index (χ1) is 10.0. The predicted molar refractivity (Wildman–Crippen MR) is 82.1 cm³/mol. The van der Waals surface area contributed by atoms with Crippen LogP contribution < -0.4 is 9.64 Å². The molecule has 0 bridgehead atoms. The van der Waals surface area contributed by atoms with Crippen LogP contribution in [0.1, 0.15) is 24.2 Å². The van der Waals surface area contributed by atoms with Gasteiger partial charge >= 0.3 is 0 Å². The van der Waals surface area contributed by atoms with Crippen LogP contribution in [0.15, 0.2) is 42.5 Å². The van der Waals surface area contributed by atoms with Crippen LogP contribution >= 0.6 is 0 Å². The van der Waals surface area contributed by atoms with Gasteiger partial charge in [0.25, 0.3) is 0 Å². The van der Waals surface area contributed by atoms with Crippen LogP contribution in [0, 0.1) is 5.82 Å². The number of ether oxygens (including phenoxy) is 1. The van der Waals surface area contributed by atoms with Crippen molar-refractivity contribution in [2.75, 3.05) is 19.1 Å². The van der Waals surface area contributed by atoms with Gasteiger partial charge in [0.2, 0.25) is 0 Å². The minimum absolute atomic E-state index is 0.231. The maximum absolute atomic E-state index is 13.8. The fourth-order valence-electron chi connectivity index (χ4n) is 2.43. The van der Waals surface area contributed by atoms with E-state index in [2.05, 4.69) is 0 Å². The molecular weight excluding hydrogens is 269 g/mol. The fraction of sp³-hybridized carbons (Fsp3) is 0.294. The number of rotatable bonds is 5. The zero-order valence-electron chi connectivity index (χ0n) is 12.5. The van der Waals surface area contributed by atoms with Crippen LogP contribution in [0.5, 0.6) is 5.75 Å². The van der Waals surface area contributed by atoms with E-state index in [4.69, 9.17) is 4.74 Å². The molecule has 0 heterocycles. The largest absolute Gasteiger partial charge is 0.496 e. The minimum atomic E-state index is -0.667. The number of aliphatic hydroxyl groups is 1. The van der Waals surface area contributed by atoms with E-state index in [1.807, 2.05) is 36.2 Å². The summed E-state index contributed by atoms with van der Waals surface area (Å²) in [5.74, 6) is 0.397. The van der Waals surface area contributed by atoms with Crippen LogP contribution in [0.2, 0.25) is 0 Å². The van der Waals surface area contributed by atoms with Gasteiger partial charge in [0.05, 0.1) is 13.2 Å². The number of hydrogen-bond donors (Lipinski definition) is 1. The van der Waals surface area contributed by atoms with Crippen molar-refractivity contribution in [3.8, 4) is 5.75 Å². The van der Waals surface area contributed by atoms with Gasteiger partial charge in [-0.2, -0.15) is 0 Å². The van der Waals surface area contributed by atoms with E-state index >= 15 is 0 Å². The van der Waals surface area contributed by atoms with E-state index in [0.717, 1.165) is 5.69 Å². The maximum atomic E-state index is 13.8. The van der Waals surface area contributed by atoms with E-state index in [-0.39, 0.29) is 5.82 Å². The first kappa shape index (κ1) is 15.3. The summed E-state index contributed by atoms with van der Waals surface area (Å²) in [7, 11) is 3.44. The highest BCUT2D eigenvalue weighted by Gasteiger charge is 2.17. The Kier molecular flexibility index (Phi) is 4.81. The zero-order valence-corrected chi connectivity index (χ0v) is 12.5. The molecule has 0 unspecified atom stereocenters. The van der Waals surface area contributed by atoms with Crippen molar-refractivity contribution in [2.24, 2.45) is 0 Å². The molecule has 0 spiro atoms. The Morgan fingerprint density at radius 3 is 2.52 bits per heavy atom. The summed E-state index contributed by atoms with van der Waals surface area (Å²) in [6, 6.07) is 12.3. The second-order valence-corrected chi connectivity index (χ2v) is 5.02. The van der Waals surface area contributed by atoms with E-state index in [1.165, 1.54) is 6.07 Å². The van der Waals surface area contributed by atoms with Crippen molar-refractivity contribution in [3.63, 3.8) is 0 Å². The van der Waals surface area contributed by atoms with Gasteiger partial charge in [-0.15, -0.1) is 0 Å². The van der Waals surface area contributed by atoms with Crippen molar-refractivity contribution in [1.29, 1.82) is 0 Å². The molecule has 0 aliphatic heterocycles. The lowest BCUT2D eigenvalue weighted by molar-refractivity contribution is 0.194. The molecule has 0 aliphatic carbocycles. The highest BCUT2D eigenvalue weighted by molar-refractivity contribution is 5.60. The topological polar surface area (TPSA) is 32.7 Å². The van der Waals surface area contributed by atoms with E-state index in [9.17, 15) is 9.50 Å². The third-order valence-corrected chi connectivity index (χ3v) is 3.46. The molecule has 0 radical (unpaired) electrons. The molecule has 112 valence electrons. The van der Waals surface area contributed by atoms with Gasteiger partial charge in [-0.25, -0.2) is 4.39 Å². The van der Waals surface area contributed by atoms with Crippen LogP contribution in [0.25, 0.3) is 0 Å². The quantitative estimate of drug-likeness (QED) is 0.914. The van der Waals surface area contributed by atoms with Crippen molar-refractivity contribution in [1.82, 2.24) is 0 Å². The molecule has 21 heavy (non-hydrogen) atoms. The number of halogens is 1. The molecular formula is C17H20FNO2. The Morgan fingerprint density at radius 2 is 1.90 bits per heavy atom. The first-order valence-electron chi connectivity index (χ1n) is 6.84. The van der Waals surface area contributed by atoms with Crippen molar-refractivity contribution in [3.05, 3.63) is 59.4 Å². The molecule has 0 fully saturated rings. The number of aliphatic hydroxyl groups excluding tert-OH is 1. The van der Waals surface area contributed by atoms with Gasteiger partial charge in [-0.3, -0.25) is 0 Å². The third kappa shape index (κ3) is 3.34. The average Bonchev–Trinajstić information content (AvgIpc) is 2.48. The van der Waals surface area contributed by atoms with Crippen LogP contribution in [-0.4, -0.2) is 19.3 Å². The average molecular weight is 289 g/mol. The maximum Gasteiger partial charge on any atom is 0.128 e. The summed E-state index contributed by atoms with van der Waals surface area (Å²) in [5.41, 5.74) is 2.14. The highest BCUT2D eigenvalue weighted by atomic mass is 19.1. The molecule has 0 aliphatic rings. The standard InChI is InChI=1S/C17H20FNO2/c1-12(20)17-15(9-6-10-16(17)21-3)19(2)11-13-7-4-5-8-14(13)18/h4-10,12,20H,11H2,1-3H3/t12-/m0/s1. The number of benzene rings is 2. The molecule has 3 nitrogen and oxygen atoms in total. The Balaban J connectivity index is 2.35. The highest BCUT2D eigenvalue weighted by Crippen LogP contribution is 2.34. The molecule has 2 aromatic rings. The van der Waals surface area contributed by atoms with Crippen LogP contribution in [0.4, 0.5) is 10.1 Å². The fourth-order valence-corrected chi connectivity index (χ4v) is 2.43. The van der Waals surface area contributed by atoms with Gasteiger partial charge < -0.3 is 14.7 Å². The summed E-state index contributed by atoms with van der Waals surface area (Å²) in [6.45, 7) is 2.11. The van der Waals surface area contributed by atoms with Gasteiger partial charge in [-0.1, -0.05) is 24.3 Å². The van der Waals surface area contributed by atoms with E-state index in [0.29, 0.717) is 23.4 Å². The molecule has 0 saturated carbocycles. The summed E-state index contributed by atoms with van der Waals surface area (Å²) in [5, 5.41) is 10.0. The number of hydrogen-bond acceptors (Lipinski definition) is 3. The Hall–Kier alpha value is -2.07. The summed E-state index contributed by atoms with van der Waals surface area (Å²) < 4.78 is 19.1. The smallest absolute Gasteiger partial charge is 0.128 e. The van der Waals surface area contributed by atoms with Crippen molar-refractivity contribution < 1.29 is 14.2 Å².